The van der Waals surface area contributed by atoms with Crippen LogP contribution in [0.2, 0.25) is 5.15 Å². The number of nitrogens with zero attached hydrogens (tertiary/aromatic N) is 1. The minimum Gasteiger partial charge on any atom is -0.493 e. The Morgan fingerprint density at radius 2 is 2.24 bits per heavy atom. The van der Waals surface area contributed by atoms with Gasteiger partial charge in [-0.2, -0.15) is 0 Å². The van der Waals surface area contributed by atoms with Crippen molar-refractivity contribution in [1.29, 1.82) is 0 Å². The van der Waals surface area contributed by atoms with Gasteiger partial charge >= 0.3 is 0 Å². The second-order valence-electron chi connectivity index (χ2n) is 3.59. The largest absolute Gasteiger partial charge is 0.493 e. The van der Waals surface area contributed by atoms with E-state index in [2.05, 4.69) is 11.9 Å². The molecule has 0 aromatic carbocycles. The lowest BCUT2D eigenvalue weighted by molar-refractivity contribution is 0.101. The van der Waals surface area contributed by atoms with E-state index in [1.807, 2.05) is 0 Å². The minimum atomic E-state index is -0.155. The van der Waals surface area contributed by atoms with Gasteiger partial charge in [0, 0.05) is 6.07 Å². The summed E-state index contributed by atoms with van der Waals surface area (Å²) < 4.78 is 10.6. The molecule has 0 aliphatic rings. The van der Waals surface area contributed by atoms with Crippen LogP contribution in [0.1, 0.15) is 37.0 Å². The molecule has 5 heteroatoms. The van der Waals surface area contributed by atoms with Gasteiger partial charge in [-0.05, 0) is 13.3 Å². The molecule has 0 saturated carbocycles. The van der Waals surface area contributed by atoms with E-state index in [0.717, 1.165) is 12.8 Å². The van der Waals surface area contributed by atoms with Crippen molar-refractivity contribution in [2.24, 2.45) is 0 Å². The van der Waals surface area contributed by atoms with Crippen molar-refractivity contribution in [2.45, 2.75) is 26.7 Å². The lowest BCUT2D eigenvalue weighted by atomic mass is 10.2. The number of carbonyl (C=O) groups is 1. The number of aromatic nitrogens is 1. The zero-order valence-corrected chi connectivity index (χ0v) is 11.0. The van der Waals surface area contributed by atoms with Crippen LogP contribution in [0.3, 0.4) is 0 Å². The standard InChI is InChI=1S/C12H16ClNO3/c1-4-5-6-17-9-7-10(13)14-12(16-3)11(9)8(2)15/h7H,4-6H2,1-3H3. The second kappa shape index (κ2) is 6.45. The van der Waals surface area contributed by atoms with Crippen molar-refractivity contribution in [3.05, 3.63) is 16.8 Å². The van der Waals surface area contributed by atoms with E-state index in [4.69, 9.17) is 21.1 Å². The van der Waals surface area contributed by atoms with Crippen LogP contribution in [-0.2, 0) is 0 Å². The lowest BCUT2D eigenvalue weighted by Gasteiger charge is -2.12. The highest BCUT2D eigenvalue weighted by molar-refractivity contribution is 6.29. The first-order chi connectivity index (χ1) is 8.10. The Bertz CT molecular complexity index is 407. The number of rotatable bonds is 6. The van der Waals surface area contributed by atoms with Gasteiger partial charge in [0.25, 0.3) is 0 Å². The van der Waals surface area contributed by atoms with Crippen molar-refractivity contribution in [3.8, 4) is 11.6 Å². The molecule has 4 nitrogen and oxygen atoms in total. The predicted octanol–water partition coefficient (Wildman–Crippen LogP) is 3.13. The van der Waals surface area contributed by atoms with Crippen LogP contribution < -0.4 is 9.47 Å². The Labute approximate surface area is 106 Å². The van der Waals surface area contributed by atoms with Crippen LogP contribution in [0.25, 0.3) is 0 Å². The number of ketones is 1. The topological polar surface area (TPSA) is 48.4 Å². The lowest BCUT2D eigenvalue weighted by Crippen LogP contribution is -2.06. The third kappa shape index (κ3) is 3.60. The molecular weight excluding hydrogens is 242 g/mol. The summed E-state index contributed by atoms with van der Waals surface area (Å²) >= 11 is 5.84. The molecule has 0 N–H and O–H groups in total. The number of halogens is 1. The predicted molar refractivity (Wildman–Crippen MR) is 66.2 cm³/mol. The van der Waals surface area contributed by atoms with E-state index in [1.165, 1.54) is 20.1 Å². The number of pyridine rings is 1. The van der Waals surface area contributed by atoms with Gasteiger partial charge in [-0.3, -0.25) is 4.79 Å². The average molecular weight is 258 g/mol. The first-order valence-electron chi connectivity index (χ1n) is 5.48. The third-order valence-electron chi connectivity index (χ3n) is 2.22. The summed E-state index contributed by atoms with van der Waals surface area (Å²) in [5.74, 6) is 0.483. The summed E-state index contributed by atoms with van der Waals surface area (Å²) in [5.41, 5.74) is 0.341. The normalized spacial score (nSPS) is 10.1. The molecule has 1 aromatic rings. The van der Waals surface area contributed by atoms with E-state index in [1.54, 1.807) is 0 Å². The van der Waals surface area contributed by atoms with E-state index >= 15 is 0 Å². The maximum absolute atomic E-state index is 11.5. The maximum atomic E-state index is 11.5. The van der Waals surface area contributed by atoms with Gasteiger partial charge in [-0.25, -0.2) is 4.98 Å². The molecule has 0 atom stereocenters. The Hall–Kier alpha value is -1.29. The van der Waals surface area contributed by atoms with Gasteiger partial charge in [-0.15, -0.1) is 0 Å². The van der Waals surface area contributed by atoms with Gasteiger partial charge < -0.3 is 9.47 Å². The number of unbranched alkanes of at least 4 members (excludes halogenated alkanes) is 1. The molecule has 0 aliphatic carbocycles. The van der Waals surface area contributed by atoms with Crippen LogP contribution in [0.5, 0.6) is 11.6 Å². The molecule has 0 unspecified atom stereocenters. The highest BCUT2D eigenvalue weighted by Crippen LogP contribution is 2.30. The Morgan fingerprint density at radius 3 is 2.76 bits per heavy atom. The fraction of sp³-hybridized carbons (Fsp3) is 0.500. The second-order valence-corrected chi connectivity index (χ2v) is 3.97. The molecule has 94 valence electrons. The number of Topliss-reactive ketones (excluding diaryl/α,β-unsaturated/α-hetero) is 1. The minimum absolute atomic E-state index is 0.155. The first kappa shape index (κ1) is 13.8. The van der Waals surface area contributed by atoms with Crippen molar-refractivity contribution in [2.75, 3.05) is 13.7 Å². The maximum Gasteiger partial charge on any atom is 0.229 e. The molecule has 0 fully saturated rings. The van der Waals surface area contributed by atoms with E-state index in [9.17, 15) is 4.79 Å². The number of carbonyl (C=O) groups excluding carboxylic acids is 1. The molecule has 0 radical (unpaired) electrons. The molecule has 0 bridgehead atoms. The highest BCUT2D eigenvalue weighted by atomic mass is 35.5. The fourth-order valence-corrected chi connectivity index (χ4v) is 1.56. The van der Waals surface area contributed by atoms with Crippen LogP contribution in [-0.4, -0.2) is 24.5 Å². The van der Waals surface area contributed by atoms with Crippen LogP contribution in [0.15, 0.2) is 6.07 Å². The molecule has 1 aromatic heterocycles. The summed E-state index contributed by atoms with van der Waals surface area (Å²) in [6.07, 6.45) is 1.94. The van der Waals surface area contributed by atoms with Crippen LogP contribution >= 0.6 is 11.6 Å². The molecule has 0 aliphatic heterocycles. The zero-order valence-electron chi connectivity index (χ0n) is 10.2. The Morgan fingerprint density at radius 1 is 1.53 bits per heavy atom. The summed E-state index contributed by atoms with van der Waals surface area (Å²) in [6.45, 7) is 4.05. The SMILES string of the molecule is CCCCOc1cc(Cl)nc(OC)c1C(C)=O. The summed E-state index contributed by atoms with van der Waals surface area (Å²) in [7, 11) is 1.45. The number of ether oxygens (including phenoxy) is 2. The molecule has 0 saturated heterocycles. The van der Waals surface area contributed by atoms with E-state index < -0.39 is 0 Å². The molecular formula is C12H16ClNO3. The first-order valence-corrected chi connectivity index (χ1v) is 5.86. The Kier molecular flexibility index (Phi) is 5.22. The van der Waals surface area contributed by atoms with Gasteiger partial charge in [0.2, 0.25) is 5.88 Å². The number of hydrogen-bond donors (Lipinski definition) is 0. The van der Waals surface area contributed by atoms with Crippen LogP contribution in [0, 0.1) is 0 Å². The smallest absolute Gasteiger partial charge is 0.229 e. The number of methoxy groups -OCH3 is 1. The zero-order chi connectivity index (χ0) is 12.8. The van der Waals surface area contributed by atoms with Gasteiger partial charge in [0.1, 0.15) is 16.5 Å². The van der Waals surface area contributed by atoms with E-state index in [0.29, 0.717) is 17.9 Å². The highest BCUT2D eigenvalue weighted by Gasteiger charge is 2.18. The van der Waals surface area contributed by atoms with Gasteiger partial charge in [0.15, 0.2) is 5.78 Å². The molecule has 0 amide bonds. The quantitative estimate of drug-likeness (QED) is 0.446. The number of hydrogen-bond acceptors (Lipinski definition) is 4. The average Bonchev–Trinajstić information content (AvgIpc) is 2.28. The molecule has 17 heavy (non-hydrogen) atoms. The van der Waals surface area contributed by atoms with E-state index in [-0.39, 0.29) is 16.8 Å². The molecule has 1 rings (SSSR count). The van der Waals surface area contributed by atoms with Crippen LogP contribution in [0.4, 0.5) is 0 Å². The summed E-state index contributed by atoms with van der Waals surface area (Å²) in [6, 6.07) is 1.54. The summed E-state index contributed by atoms with van der Waals surface area (Å²) in [4.78, 5) is 15.5. The summed E-state index contributed by atoms with van der Waals surface area (Å²) in [5, 5.41) is 0.248. The van der Waals surface area contributed by atoms with Crippen molar-refractivity contribution in [1.82, 2.24) is 4.98 Å². The third-order valence-corrected chi connectivity index (χ3v) is 2.41. The van der Waals surface area contributed by atoms with Gasteiger partial charge in [0.05, 0.1) is 13.7 Å². The van der Waals surface area contributed by atoms with Crippen molar-refractivity contribution < 1.29 is 14.3 Å². The molecule has 1 heterocycles. The van der Waals surface area contributed by atoms with Crippen molar-refractivity contribution in [3.63, 3.8) is 0 Å². The molecule has 0 spiro atoms. The van der Waals surface area contributed by atoms with Gasteiger partial charge in [-0.1, -0.05) is 24.9 Å². The van der Waals surface area contributed by atoms with Crippen molar-refractivity contribution >= 4 is 17.4 Å². The monoisotopic (exact) mass is 257 g/mol. The Balaban J connectivity index is 3.07. The fourth-order valence-electron chi connectivity index (χ4n) is 1.38.